The molecule has 9 heteroatoms. The number of nitrogens with one attached hydrogen (secondary N) is 1. The van der Waals surface area contributed by atoms with Crippen molar-refractivity contribution in [3.05, 3.63) is 32.6 Å². The van der Waals surface area contributed by atoms with Gasteiger partial charge in [-0.1, -0.05) is 0 Å². The summed E-state index contributed by atoms with van der Waals surface area (Å²) in [5.74, 6) is -0.938. The van der Waals surface area contributed by atoms with Gasteiger partial charge in [-0.05, 0) is 25.7 Å². The van der Waals surface area contributed by atoms with Crippen LogP contribution in [0.3, 0.4) is 0 Å². The molecule has 1 atom stereocenters. The van der Waals surface area contributed by atoms with Gasteiger partial charge >= 0.3 is 11.7 Å². The highest BCUT2D eigenvalue weighted by Gasteiger charge is 2.30. The van der Waals surface area contributed by atoms with Gasteiger partial charge in [-0.3, -0.25) is 19.0 Å². The SMILES string of the molecule is COC(=O)C1CCN(C(=O)c2c[nH]c(=O)n(CC3CCCO3)c2=O)CC1. The van der Waals surface area contributed by atoms with Crippen LogP contribution in [0.1, 0.15) is 36.0 Å². The van der Waals surface area contributed by atoms with Crippen molar-refractivity contribution in [1.82, 2.24) is 14.5 Å². The van der Waals surface area contributed by atoms with E-state index in [1.54, 1.807) is 0 Å². The van der Waals surface area contributed by atoms with E-state index in [1.807, 2.05) is 0 Å². The van der Waals surface area contributed by atoms with Crippen LogP contribution in [0.5, 0.6) is 0 Å². The summed E-state index contributed by atoms with van der Waals surface area (Å²) in [6.07, 6.45) is 3.65. The number of carbonyl (C=O) groups is 2. The molecule has 0 spiro atoms. The molecule has 0 saturated carbocycles. The average Bonchev–Trinajstić information content (AvgIpc) is 3.17. The van der Waals surface area contributed by atoms with Gasteiger partial charge in [0.15, 0.2) is 0 Å². The molecule has 2 aliphatic heterocycles. The van der Waals surface area contributed by atoms with E-state index >= 15 is 0 Å². The number of carbonyl (C=O) groups excluding carboxylic acids is 2. The van der Waals surface area contributed by atoms with E-state index in [0.29, 0.717) is 32.5 Å². The lowest BCUT2D eigenvalue weighted by molar-refractivity contribution is -0.146. The molecule has 0 bridgehead atoms. The van der Waals surface area contributed by atoms with Gasteiger partial charge in [0.2, 0.25) is 0 Å². The van der Waals surface area contributed by atoms with E-state index in [9.17, 15) is 19.2 Å². The third-order valence-corrected chi connectivity index (χ3v) is 5.02. The van der Waals surface area contributed by atoms with E-state index in [1.165, 1.54) is 18.2 Å². The molecule has 1 aromatic rings. The van der Waals surface area contributed by atoms with Gasteiger partial charge < -0.3 is 19.4 Å². The number of hydrogen-bond donors (Lipinski definition) is 1. The van der Waals surface area contributed by atoms with E-state index in [2.05, 4.69) is 4.98 Å². The van der Waals surface area contributed by atoms with Crippen LogP contribution in [0.25, 0.3) is 0 Å². The van der Waals surface area contributed by atoms with Crippen LogP contribution in [0, 0.1) is 5.92 Å². The lowest BCUT2D eigenvalue weighted by atomic mass is 9.96. The molecule has 1 unspecified atom stereocenters. The van der Waals surface area contributed by atoms with E-state index in [4.69, 9.17) is 9.47 Å². The van der Waals surface area contributed by atoms with E-state index in [0.717, 1.165) is 17.4 Å². The standard InChI is InChI=1S/C17H23N3O6/c1-25-16(23)11-4-6-19(7-5-11)14(21)13-9-18-17(24)20(15(13)22)10-12-3-2-8-26-12/h9,11-12H,2-8,10H2,1H3,(H,18,24). The fraction of sp³-hybridized carbons (Fsp3) is 0.647. The van der Waals surface area contributed by atoms with Crippen molar-refractivity contribution in [2.24, 2.45) is 5.92 Å². The summed E-state index contributed by atoms with van der Waals surface area (Å²) in [5, 5.41) is 0. The minimum Gasteiger partial charge on any atom is -0.469 e. The molecular formula is C17H23N3O6. The van der Waals surface area contributed by atoms with Crippen molar-refractivity contribution in [1.29, 1.82) is 0 Å². The first kappa shape index (κ1) is 18.4. The third kappa shape index (κ3) is 3.72. The highest BCUT2D eigenvalue weighted by atomic mass is 16.5. The molecular weight excluding hydrogens is 342 g/mol. The first-order chi connectivity index (χ1) is 12.5. The topological polar surface area (TPSA) is 111 Å². The van der Waals surface area contributed by atoms with Gasteiger partial charge in [0.05, 0.1) is 25.7 Å². The molecule has 1 aromatic heterocycles. The minimum absolute atomic E-state index is 0.0703. The van der Waals surface area contributed by atoms with Gasteiger partial charge in [-0.2, -0.15) is 0 Å². The Morgan fingerprint density at radius 3 is 2.62 bits per heavy atom. The summed E-state index contributed by atoms with van der Waals surface area (Å²) in [6, 6.07) is 0. The summed E-state index contributed by atoms with van der Waals surface area (Å²) >= 11 is 0. The van der Waals surface area contributed by atoms with Crippen LogP contribution < -0.4 is 11.2 Å². The van der Waals surface area contributed by atoms with Crippen molar-refractivity contribution in [2.75, 3.05) is 26.8 Å². The zero-order chi connectivity index (χ0) is 18.7. The monoisotopic (exact) mass is 365 g/mol. The largest absolute Gasteiger partial charge is 0.469 e. The number of aromatic nitrogens is 2. The molecule has 0 aromatic carbocycles. The number of nitrogens with zero attached hydrogens (tertiary/aromatic N) is 2. The molecule has 0 aliphatic carbocycles. The number of aromatic amines is 1. The maximum absolute atomic E-state index is 12.7. The van der Waals surface area contributed by atoms with Crippen LogP contribution in [0.2, 0.25) is 0 Å². The predicted octanol–water partition coefficient (Wildman–Crippen LogP) is -0.259. The Kier molecular flexibility index (Phi) is 5.55. The van der Waals surface area contributed by atoms with Crippen molar-refractivity contribution in [2.45, 2.75) is 38.3 Å². The van der Waals surface area contributed by atoms with Crippen LogP contribution in [0.15, 0.2) is 15.8 Å². The zero-order valence-electron chi connectivity index (χ0n) is 14.7. The Morgan fingerprint density at radius 2 is 2.00 bits per heavy atom. The average molecular weight is 365 g/mol. The molecule has 1 amide bonds. The number of piperidine rings is 1. The van der Waals surface area contributed by atoms with Gasteiger partial charge in [-0.25, -0.2) is 4.79 Å². The summed E-state index contributed by atoms with van der Waals surface area (Å²) < 4.78 is 11.2. The van der Waals surface area contributed by atoms with Gasteiger partial charge in [0.25, 0.3) is 11.5 Å². The van der Waals surface area contributed by atoms with Crippen molar-refractivity contribution in [3.8, 4) is 0 Å². The van der Waals surface area contributed by atoms with Crippen LogP contribution in [0.4, 0.5) is 0 Å². The second-order valence-corrected chi connectivity index (χ2v) is 6.65. The highest BCUT2D eigenvalue weighted by molar-refractivity contribution is 5.93. The number of methoxy groups -OCH3 is 1. The molecule has 9 nitrogen and oxygen atoms in total. The Hall–Kier alpha value is -2.42. The lowest BCUT2D eigenvalue weighted by Gasteiger charge is -2.30. The molecule has 2 fully saturated rings. The molecule has 142 valence electrons. The highest BCUT2D eigenvalue weighted by Crippen LogP contribution is 2.19. The smallest absolute Gasteiger partial charge is 0.328 e. The van der Waals surface area contributed by atoms with Crippen molar-refractivity contribution < 1.29 is 19.1 Å². The van der Waals surface area contributed by atoms with Gasteiger partial charge in [-0.15, -0.1) is 0 Å². The molecule has 2 aliphatic rings. The summed E-state index contributed by atoms with van der Waals surface area (Å²) in [6.45, 7) is 1.48. The number of hydrogen-bond acceptors (Lipinski definition) is 6. The fourth-order valence-corrected chi connectivity index (χ4v) is 3.48. The van der Waals surface area contributed by atoms with Gasteiger partial charge in [0, 0.05) is 25.9 Å². The van der Waals surface area contributed by atoms with Crippen LogP contribution >= 0.6 is 0 Å². The van der Waals surface area contributed by atoms with Crippen LogP contribution in [-0.4, -0.2) is 59.2 Å². The summed E-state index contributed by atoms with van der Waals surface area (Å²) in [7, 11) is 1.34. The quantitative estimate of drug-likeness (QED) is 0.736. The molecule has 2 saturated heterocycles. The fourth-order valence-electron chi connectivity index (χ4n) is 3.48. The molecule has 3 heterocycles. The Balaban J connectivity index is 1.75. The molecule has 1 N–H and O–H groups in total. The Bertz CT molecular complexity index is 784. The first-order valence-electron chi connectivity index (χ1n) is 8.82. The number of likely N-dealkylation sites (tertiary alicyclic amines) is 1. The molecule has 3 rings (SSSR count). The molecule has 26 heavy (non-hydrogen) atoms. The second kappa shape index (κ2) is 7.86. The second-order valence-electron chi connectivity index (χ2n) is 6.65. The number of H-pyrrole nitrogens is 1. The number of esters is 1. The Morgan fingerprint density at radius 1 is 1.27 bits per heavy atom. The first-order valence-corrected chi connectivity index (χ1v) is 8.82. The Labute approximate surface area is 149 Å². The van der Waals surface area contributed by atoms with Gasteiger partial charge in [0.1, 0.15) is 5.56 Å². The number of rotatable bonds is 4. The minimum atomic E-state index is -0.607. The van der Waals surface area contributed by atoms with E-state index < -0.39 is 17.2 Å². The van der Waals surface area contributed by atoms with Crippen molar-refractivity contribution >= 4 is 11.9 Å². The normalized spacial score (nSPS) is 21.0. The number of ether oxygens (including phenoxy) is 2. The van der Waals surface area contributed by atoms with E-state index in [-0.39, 0.29) is 30.1 Å². The zero-order valence-corrected chi connectivity index (χ0v) is 14.7. The lowest BCUT2D eigenvalue weighted by Crippen LogP contribution is -2.46. The maximum atomic E-state index is 12.7. The number of amides is 1. The maximum Gasteiger partial charge on any atom is 0.328 e. The van der Waals surface area contributed by atoms with Crippen LogP contribution in [-0.2, 0) is 20.8 Å². The predicted molar refractivity (Wildman–Crippen MR) is 90.9 cm³/mol. The summed E-state index contributed by atoms with van der Waals surface area (Å²) in [4.78, 5) is 52.9. The third-order valence-electron chi connectivity index (χ3n) is 5.02. The summed E-state index contributed by atoms with van der Waals surface area (Å²) in [5.41, 5.74) is -1.23. The molecule has 0 radical (unpaired) electrons. The van der Waals surface area contributed by atoms with Crippen molar-refractivity contribution in [3.63, 3.8) is 0 Å².